The zero-order chi connectivity index (χ0) is 20.1. The number of halogens is 1. The first-order chi connectivity index (χ1) is 13.2. The van der Waals surface area contributed by atoms with Crippen LogP contribution in [0.5, 0.6) is 0 Å². The fourth-order valence-electron chi connectivity index (χ4n) is 5.79. The van der Waals surface area contributed by atoms with Gasteiger partial charge in [-0.25, -0.2) is 0 Å². The van der Waals surface area contributed by atoms with Crippen molar-refractivity contribution >= 4 is 39.3 Å². The number of Topliss-reactive ketones (excluding diaryl/α,β-unsaturated/α-hetero) is 1. The number of benzene rings is 1. The SMILES string of the molecule is CC(=O)c1cccc(NC(=O)C(C)OC(=O)C23CC4CC(CC(Br)(C4)C2)C3)c1. The Labute approximate surface area is 173 Å². The number of rotatable bonds is 5. The van der Waals surface area contributed by atoms with Gasteiger partial charge in [-0.1, -0.05) is 28.1 Å². The molecule has 1 amide bonds. The number of hydrogen-bond acceptors (Lipinski definition) is 4. The van der Waals surface area contributed by atoms with Gasteiger partial charge in [-0.2, -0.15) is 0 Å². The van der Waals surface area contributed by atoms with Gasteiger partial charge < -0.3 is 10.1 Å². The number of carbonyl (C=O) groups is 3. The number of carbonyl (C=O) groups excluding carboxylic acids is 3. The molecule has 5 rings (SSSR count). The van der Waals surface area contributed by atoms with E-state index in [2.05, 4.69) is 21.2 Å². The third kappa shape index (κ3) is 3.63. The lowest BCUT2D eigenvalue weighted by Gasteiger charge is -2.58. The van der Waals surface area contributed by atoms with Gasteiger partial charge in [0, 0.05) is 15.6 Å². The minimum atomic E-state index is -0.882. The molecule has 0 aromatic heterocycles. The second-order valence-corrected chi connectivity index (χ2v) is 10.7. The highest BCUT2D eigenvalue weighted by atomic mass is 79.9. The highest BCUT2D eigenvalue weighted by Gasteiger charge is 2.60. The third-order valence-corrected chi connectivity index (χ3v) is 7.54. The molecule has 3 unspecified atom stereocenters. The van der Waals surface area contributed by atoms with Crippen LogP contribution < -0.4 is 5.32 Å². The summed E-state index contributed by atoms with van der Waals surface area (Å²) in [6, 6.07) is 6.76. The minimum absolute atomic E-state index is 0.0642. The van der Waals surface area contributed by atoms with Crippen LogP contribution in [0, 0.1) is 17.3 Å². The van der Waals surface area contributed by atoms with E-state index in [0.29, 0.717) is 23.1 Å². The van der Waals surface area contributed by atoms with Gasteiger partial charge in [0.2, 0.25) is 0 Å². The Hall–Kier alpha value is -1.69. The van der Waals surface area contributed by atoms with Crippen molar-refractivity contribution in [3.8, 4) is 0 Å². The van der Waals surface area contributed by atoms with E-state index in [4.69, 9.17) is 4.74 Å². The van der Waals surface area contributed by atoms with Crippen LogP contribution >= 0.6 is 15.9 Å². The molecule has 4 fully saturated rings. The zero-order valence-electron chi connectivity index (χ0n) is 16.3. The largest absolute Gasteiger partial charge is 0.452 e. The van der Waals surface area contributed by atoms with E-state index in [1.165, 1.54) is 13.3 Å². The fourth-order valence-corrected chi connectivity index (χ4v) is 7.24. The van der Waals surface area contributed by atoms with Gasteiger partial charge >= 0.3 is 5.97 Å². The molecule has 0 aliphatic heterocycles. The molecular formula is C22H26BrNO4. The van der Waals surface area contributed by atoms with Gasteiger partial charge in [-0.3, -0.25) is 14.4 Å². The van der Waals surface area contributed by atoms with Gasteiger partial charge in [0.15, 0.2) is 11.9 Å². The van der Waals surface area contributed by atoms with E-state index in [1.54, 1.807) is 31.2 Å². The van der Waals surface area contributed by atoms with Gasteiger partial charge in [-0.15, -0.1) is 0 Å². The number of nitrogens with one attached hydrogen (secondary N) is 1. The van der Waals surface area contributed by atoms with Crippen LogP contribution in [0.2, 0.25) is 0 Å². The summed E-state index contributed by atoms with van der Waals surface area (Å²) in [6.45, 7) is 3.08. The van der Waals surface area contributed by atoms with Crippen molar-refractivity contribution in [2.45, 2.75) is 62.8 Å². The second-order valence-electron chi connectivity index (χ2n) is 9.07. The molecule has 6 heteroatoms. The molecule has 0 saturated heterocycles. The summed E-state index contributed by atoms with van der Waals surface area (Å²) in [5.41, 5.74) is 0.602. The van der Waals surface area contributed by atoms with E-state index >= 15 is 0 Å². The molecule has 28 heavy (non-hydrogen) atoms. The first-order valence-electron chi connectivity index (χ1n) is 10.00. The summed E-state index contributed by atoms with van der Waals surface area (Å²) in [5, 5.41) is 2.75. The molecule has 1 aromatic carbocycles. The van der Waals surface area contributed by atoms with E-state index in [9.17, 15) is 14.4 Å². The summed E-state index contributed by atoms with van der Waals surface area (Å²) < 4.78 is 5.72. The highest BCUT2D eigenvalue weighted by Crippen LogP contribution is 2.64. The Balaban J connectivity index is 1.41. The number of ketones is 1. The number of amides is 1. The smallest absolute Gasteiger partial charge is 0.312 e. The quantitative estimate of drug-likeness (QED) is 0.409. The molecule has 5 nitrogen and oxygen atoms in total. The van der Waals surface area contributed by atoms with Crippen LogP contribution in [0.3, 0.4) is 0 Å². The monoisotopic (exact) mass is 447 g/mol. The normalized spacial score (nSPS) is 34.0. The standard InChI is InChI=1S/C22H26BrNO4/c1-13(25)17-4-3-5-18(7-17)24-19(26)14(2)28-20(27)21-8-15-6-16(9-21)11-22(23,10-15)12-21/h3-5,7,14-16H,6,8-12H2,1-2H3,(H,24,26). The minimum Gasteiger partial charge on any atom is -0.452 e. The highest BCUT2D eigenvalue weighted by molar-refractivity contribution is 9.10. The van der Waals surface area contributed by atoms with Crippen LogP contribution in [-0.4, -0.2) is 28.1 Å². The molecule has 3 atom stereocenters. The van der Waals surface area contributed by atoms with Crippen LogP contribution in [-0.2, 0) is 14.3 Å². The van der Waals surface area contributed by atoms with Crippen LogP contribution in [0.1, 0.15) is 62.7 Å². The molecular weight excluding hydrogens is 422 g/mol. The molecule has 1 aromatic rings. The van der Waals surface area contributed by atoms with Crippen molar-refractivity contribution in [2.75, 3.05) is 5.32 Å². The van der Waals surface area contributed by atoms with Crippen molar-refractivity contribution in [3.63, 3.8) is 0 Å². The summed E-state index contributed by atoms with van der Waals surface area (Å²) in [7, 11) is 0. The van der Waals surface area contributed by atoms with E-state index in [-0.39, 0.29) is 22.0 Å². The van der Waals surface area contributed by atoms with E-state index < -0.39 is 11.5 Å². The maximum atomic E-state index is 13.1. The van der Waals surface area contributed by atoms with Crippen molar-refractivity contribution in [2.24, 2.45) is 17.3 Å². The van der Waals surface area contributed by atoms with Gasteiger partial charge in [0.25, 0.3) is 5.91 Å². The van der Waals surface area contributed by atoms with E-state index in [0.717, 1.165) is 32.1 Å². The maximum Gasteiger partial charge on any atom is 0.312 e. The predicted molar refractivity (Wildman–Crippen MR) is 109 cm³/mol. The topological polar surface area (TPSA) is 72.5 Å². The Morgan fingerprint density at radius 2 is 1.86 bits per heavy atom. The number of alkyl halides is 1. The molecule has 0 heterocycles. The lowest BCUT2D eigenvalue weighted by Crippen LogP contribution is -2.56. The van der Waals surface area contributed by atoms with Gasteiger partial charge in [0.1, 0.15) is 0 Å². The Bertz CT molecular complexity index is 822. The molecule has 0 spiro atoms. The van der Waals surface area contributed by atoms with Gasteiger partial charge in [-0.05, 0) is 76.3 Å². The van der Waals surface area contributed by atoms with Crippen LogP contribution in [0.25, 0.3) is 0 Å². The summed E-state index contributed by atoms with van der Waals surface area (Å²) in [6.07, 6.45) is 5.18. The number of ether oxygens (including phenoxy) is 1. The molecule has 150 valence electrons. The molecule has 4 saturated carbocycles. The number of esters is 1. The average Bonchev–Trinajstić information content (AvgIpc) is 2.59. The van der Waals surface area contributed by atoms with Crippen LogP contribution in [0.15, 0.2) is 24.3 Å². The Morgan fingerprint density at radius 1 is 1.18 bits per heavy atom. The van der Waals surface area contributed by atoms with Crippen molar-refractivity contribution < 1.29 is 19.1 Å². The first-order valence-corrected chi connectivity index (χ1v) is 10.8. The summed E-state index contributed by atoms with van der Waals surface area (Å²) in [5.74, 6) is 0.470. The fraction of sp³-hybridized carbons (Fsp3) is 0.591. The summed E-state index contributed by atoms with van der Waals surface area (Å²) >= 11 is 3.90. The van der Waals surface area contributed by atoms with E-state index in [1.807, 2.05) is 0 Å². The molecule has 4 aliphatic rings. The molecule has 0 radical (unpaired) electrons. The molecule has 1 N–H and O–H groups in total. The first kappa shape index (κ1) is 19.6. The van der Waals surface area contributed by atoms with Crippen molar-refractivity contribution in [1.29, 1.82) is 0 Å². The van der Waals surface area contributed by atoms with Gasteiger partial charge in [0.05, 0.1) is 5.41 Å². The molecule has 4 aliphatic carbocycles. The van der Waals surface area contributed by atoms with Crippen LogP contribution in [0.4, 0.5) is 5.69 Å². The zero-order valence-corrected chi connectivity index (χ0v) is 17.9. The third-order valence-electron chi connectivity index (χ3n) is 6.61. The maximum absolute atomic E-state index is 13.1. The molecule has 4 bridgehead atoms. The summed E-state index contributed by atoms with van der Waals surface area (Å²) in [4.78, 5) is 37.1. The lowest BCUT2D eigenvalue weighted by molar-refractivity contribution is -0.175. The van der Waals surface area contributed by atoms with Crippen molar-refractivity contribution in [1.82, 2.24) is 0 Å². The second kappa shape index (κ2) is 6.97. The predicted octanol–water partition coefficient (Wildman–Crippen LogP) is 4.49. The Kier molecular flexibility index (Phi) is 4.89. The number of hydrogen-bond donors (Lipinski definition) is 1. The lowest BCUT2D eigenvalue weighted by atomic mass is 9.49. The Morgan fingerprint density at radius 3 is 2.46 bits per heavy atom. The average molecular weight is 448 g/mol. The van der Waals surface area contributed by atoms with Crippen molar-refractivity contribution in [3.05, 3.63) is 29.8 Å². The number of anilines is 1.